The third kappa shape index (κ3) is 2.10. The minimum atomic E-state index is -0.275. The zero-order chi connectivity index (χ0) is 14.1. The van der Waals surface area contributed by atoms with Crippen molar-refractivity contribution in [1.82, 2.24) is 19.7 Å². The van der Waals surface area contributed by atoms with E-state index < -0.39 is 0 Å². The van der Waals surface area contributed by atoms with Gasteiger partial charge in [0.15, 0.2) is 0 Å². The summed E-state index contributed by atoms with van der Waals surface area (Å²) in [6, 6.07) is 0. The van der Waals surface area contributed by atoms with Crippen molar-refractivity contribution in [2.45, 2.75) is 13.5 Å². The third-order valence-electron chi connectivity index (χ3n) is 2.78. The van der Waals surface area contributed by atoms with Crippen LogP contribution in [0.25, 0.3) is 10.3 Å². The van der Waals surface area contributed by atoms with Crippen molar-refractivity contribution in [2.75, 3.05) is 11.1 Å². The second kappa shape index (κ2) is 4.89. The average Bonchev–Trinajstić information content (AvgIpc) is 3.04. The molecular weight excluding hydrogens is 276 g/mol. The van der Waals surface area contributed by atoms with Crippen molar-refractivity contribution < 1.29 is 4.79 Å². The lowest BCUT2D eigenvalue weighted by Gasteiger charge is -2.00. The highest BCUT2D eigenvalue weighted by molar-refractivity contribution is 7.21. The van der Waals surface area contributed by atoms with Crippen molar-refractivity contribution in [2.24, 2.45) is 0 Å². The summed E-state index contributed by atoms with van der Waals surface area (Å²) >= 11 is 1.23. The van der Waals surface area contributed by atoms with E-state index in [1.54, 1.807) is 29.5 Å². The number of hydrogen-bond acceptors (Lipinski definition) is 6. The summed E-state index contributed by atoms with van der Waals surface area (Å²) < 4.78 is 1.73. The number of nitrogen functional groups attached to an aromatic ring is 1. The Morgan fingerprint density at radius 3 is 2.95 bits per heavy atom. The molecule has 0 aliphatic carbocycles. The number of nitrogens with one attached hydrogen (secondary N) is 1. The normalized spacial score (nSPS) is 10.8. The first-order valence-electron chi connectivity index (χ1n) is 6.02. The number of carbonyl (C=O) groups excluding carboxylic acids is 1. The van der Waals surface area contributed by atoms with Gasteiger partial charge in [-0.15, -0.1) is 11.3 Å². The number of nitrogens with zero attached hydrogens (tertiary/aromatic N) is 4. The molecule has 3 aromatic heterocycles. The highest BCUT2D eigenvalue weighted by Crippen LogP contribution is 2.30. The highest BCUT2D eigenvalue weighted by Gasteiger charge is 2.18. The van der Waals surface area contributed by atoms with E-state index in [1.165, 1.54) is 11.3 Å². The Balaban J connectivity index is 1.90. The van der Waals surface area contributed by atoms with Gasteiger partial charge in [0, 0.05) is 25.1 Å². The smallest absolute Gasteiger partial charge is 0.268 e. The van der Waals surface area contributed by atoms with Crippen molar-refractivity contribution >= 4 is 39.0 Å². The van der Waals surface area contributed by atoms with E-state index >= 15 is 0 Å². The lowest BCUT2D eigenvalue weighted by atomic mass is 10.3. The second-order valence-corrected chi connectivity index (χ2v) is 5.09. The summed E-state index contributed by atoms with van der Waals surface area (Å²) in [6.07, 6.45) is 6.49. The number of fused-ring (bicyclic) bond motifs is 1. The average molecular weight is 288 g/mol. The van der Waals surface area contributed by atoms with E-state index in [4.69, 9.17) is 5.73 Å². The number of hydrogen-bond donors (Lipinski definition) is 2. The van der Waals surface area contributed by atoms with Crippen molar-refractivity contribution in [3.63, 3.8) is 0 Å². The molecular formula is C12H12N6OS. The quantitative estimate of drug-likeness (QED) is 0.765. The summed E-state index contributed by atoms with van der Waals surface area (Å²) in [6.45, 7) is 2.72. The van der Waals surface area contributed by atoms with Gasteiger partial charge in [-0.25, -0.2) is 9.97 Å². The van der Waals surface area contributed by atoms with Crippen molar-refractivity contribution in [1.29, 1.82) is 0 Å². The van der Waals surface area contributed by atoms with Gasteiger partial charge >= 0.3 is 0 Å². The van der Waals surface area contributed by atoms with Gasteiger partial charge < -0.3 is 11.1 Å². The van der Waals surface area contributed by atoms with Crippen LogP contribution in [-0.2, 0) is 6.54 Å². The van der Waals surface area contributed by atoms with E-state index in [-0.39, 0.29) is 5.91 Å². The zero-order valence-electron chi connectivity index (χ0n) is 10.7. The molecule has 0 aliphatic heterocycles. The Morgan fingerprint density at radius 1 is 1.45 bits per heavy atom. The summed E-state index contributed by atoms with van der Waals surface area (Å²) in [5, 5.41) is 6.86. The Kier molecular flexibility index (Phi) is 3.07. The Bertz CT molecular complexity index is 777. The van der Waals surface area contributed by atoms with Crippen LogP contribution in [0.3, 0.4) is 0 Å². The first-order valence-corrected chi connectivity index (χ1v) is 6.83. The van der Waals surface area contributed by atoms with Crippen LogP contribution < -0.4 is 11.1 Å². The lowest BCUT2D eigenvalue weighted by Crippen LogP contribution is -2.11. The number of aromatic nitrogens is 4. The maximum Gasteiger partial charge on any atom is 0.268 e. The van der Waals surface area contributed by atoms with E-state index in [9.17, 15) is 4.79 Å². The first-order chi connectivity index (χ1) is 9.69. The molecule has 0 saturated carbocycles. The molecule has 1 amide bonds. The molecule has 3 rings (SSSR count). The van der Waals surface area contributed by atoms with Crippen LogP contribution in [0, 0.1) is 0 Å². The fourth-order valence-electron chi connectivity index (χ4n) is 1.80. The number of aryl methyl sites for hydroxylation is 1. The molecule has 0 saturated heterocycles. The summed E-state index contributed by atoms with van der Waals surface area (Å²) in [7, 11) is 0. The predicted octanol–water partition coefficient (Wildman–Crippen LogP) is 1.74. The molecule has 8 heteroatoms. The van der Waals surface area contributed by atoms with Gasteiger partial charge in [0.2, 0.25) is 0 Å². The second-order valence-electron chi connectivity index (χ2n) is 4.09. The van der Waals surface area contributed by atoms with Crippen LogP contribution in [0.1, 0.15) is 16.6 Å². The number of rotatable bonds is 3. The molecule has 0 aromatic carbocycles. The van der Waals surface area contributed by atoms with Crippen LogP contribution in [0.4, 0.5) is 11.4 Å². The molecule has 0 radical (unpaired) electrons. The first kappa shape index (κ1) is 12.5. The molecule has 0 spiro atoms. The van der Waals surface area contributed by atoms with Gasteiger partial charge in [-0.1, -0.05) is 0 Å². The largest absolute Gasteiger partial charge is 0.396 e. The van der Waals surface area contributed by atoms with Crippen molar-refractivity contribution in [3.05, 3.63) is 29.7 Å². The van der Waals surface area contributed by atoms with E-state index in [0.29, 0.717) is 26.6 Å². The van der Waals surface area contributed by atoms with Gasteiger partial charge in [0.1, 0.15) is 15.2 Å². The van der Waals surface area contributed by atoms with Crippen LogP contribution in [-0.4, -0.2) is 25.7 Å². The molecule has 0 atom stereocenters. The van der Waals surface area contributed by atoms with Gasteiger partial charge in [-0.05, 0) is 6.92 Å². The molecule has 3 aromatic rings. The minimum absolute atomic E-state index is 0.275. The molecule has 102 valence electrons. The van der Waals surface area contributed by atoms with E-state index in [1.807, 2.05) is 6.92 Å². The van der Waals surface area contributed by atoms with Crippen LogP contribution in [0.5, 0.6) is 0 Å². The number of anilines is 2. The Hall–Kier alpha value is -2.48. The van der Waals surface area contributed by atoms with Crippen LogP contribution in [0.2, 0.25) is 0 Å². The monoisotopic (exact) mass is 288 g/mol. The zero-order valence-corrected chi connectivity index (χ0v) is 11.5. The third-order valence-corrected chi connectivity index (χ3v) is 3.89. The fourth-order valence-corrected chi connectivity index (χ4v) is 2.72. The van der Waals surface area contributed by atoms with Crippen LogP contribution in [0.15, 0.2) is 24.8 Å². The van der Waals surface area contributed by atoms with Crippen LogP contribution >= 0.6 is 11.3 Å². The lowest BCUT2D eigenvalue weighted by molar-refractivity contribution is 0.103. The summed E-state index contributed by atoms with van der Waals surface area (Å²) in [5.74, 6) is -0.275. The number of amides is 1. The number of carbonyl (C=O) groups is 1. The number of thiophene rings is 1. The molecule has 7 nitrogen and oxygen atoms in total. The SMILES string of the molecule is CCn1cc(NC(=O)c2sc3nccnc3c2N)cn1. The van der Waals surface area contributed by atoms with Gasteiger partial charge in [-0.3, -0.25) is 9.48 Å². The Labute approximate surface area is 118 Å². The maximum absolute atomic E-state index is 12.2. The summed E-state index contributed by atoms with van der Waals surface area (Å²) in [4.78, 5) is 21.6. The van der Waals surface area contributed by atoms with Gasteiger partial charge in [0.05, 0.1) is 17.6 Å². The molecule has 0 bridgehead atoms. The molecule has 0 aliphatic rings. The maximum atomic E-state index is 12.2. The van der Waals surface area contributed by atoms with Crippen molar-refractivity contribution in [3.8, 4) is 0 Å². The molecule has 0 unspecified atom stereocenters. The predicted molar refractivity (Wildman–Crippen MR) is 77.7 cm³/mol. The molecule has 20 heavy (non-hydrogen) atoms. The minimum Gasteiger partial charge on any atom is -0.396 e. The Morgan fingerprint density at radius 2 is 2.25 bits per heavy atom. The van der Waals surface area contributed by atoms with Gasteiger partial charge in [0.25, 0.3) is 5.91 Å². The highest BCUT2D eigenvalue weighted by atomic mass is 32.1. The summed E-state index contributed by atoms with van der Waals surface area (Å²) in [5.41, 5.74) is 7.51. The topological polar surface area (TPSA) is 98.7 Å². The standard InChI is InChI=1S/C12H12N6OS/c1-2-18-6-7(5-16-18)17-11(19)10-8(13)9-12(20-10)15-4-3-14-9/h3-6H,2,13H2,1H3,(H,17,19). The number of nitrogens with two attached hydrogens (primary N) is 1. The van der Waals surface area contributed by atoms with E-state index in [2.05, 4.69) is 20.4 Å². The van der Waals surface area contributed by atoms with E-state index in [0.717, 1.165) is 6.54 Å². The van der Waals surface area contributed by atoms with Gasteiger partial charge in [-0.2, -0.15) is 5.10 Å². The molecule has 3 N–H and O–H groups in total. The fraction of sp³-hybridized carbons (Fsp3) is 0.167. The molecule has 0 fully saturated rings. The molecule has 3 heterocycles.